The number of nitrogens with zero attached hydrogens (tertiary/aromatic N) is 4. The number of carbonyl (C=O) groups excluding carboxylic acids is 1. The van der Waals surface area contributed by atoms with Crippen molar-refractivity contribution in [2.45, 2.75) is 33.3 Å². The number of anilines is 1. The summed E-state index contributed by atoms with van der Waals surface area (Å²) < 4.78 is 10.8. The first-order valence-electron chi connectivity index (χ1n) is 9.14. The van der Waals surface area contributed by atoms with Crippen molar-refractivity contribution in [1.82, 2.24) is 20.2 Å². The van der Waals surface area contributed by atoms with E-state index in [4.69, 9.17) is 9.47 Å². The fourth-order valence-electron chi connectivity index (χ4n) is 2.61. The van der Waals surface area contributed by atoms with E-state index in [0.29, 0.717) is 19.8 Å². The molecule has 1 aromatic rings. The highest BCUT2D eigenvalue weighted by Crippen LogP contribution is 2.13. The zero-order valence-corrected chi connectivity index (χ0v) is 16.3. The zero-order chi connectivity index (χ0) is 19.0. The standard InChI is InChI=1S/C18H31N5O3/c1-15-20-13-16(14-21-15)23-8-6-22(7-9-23)10-12-25-11-5-19-17(24)26-18(2,3)4/h13-14H,5-12H2,1-4H3,(H,19,24). The van der Waals surface area contributed by atoms with Crippen LogP contribution >= 0.6 is 0 Å². The molecule has 1 aliphatic heterocycles. The SMILES string of the molecule is Cc1ncc(N2CCN(CCOCCNC(=O)OC(C)(C)C)CC2)cn1. The summed E-state index contributed by atoms with van der Waals surface area (Å²) in [4.78, 5) is 24.7. The Morgan fingerprint density at radius 3 is 2.42 bits per heavy atom. The molecule has 8 heteroatoms. The molecular weight excluding hydrogens is 334 g/mol. The van der Waals surface area contributed by atoms with Gasteiger partial charge >= 0.3 is 6.09 Å². The van der Waals surface area contributed by atoms with Crippen LogP contribution in [0, 0.1) is 6.92 Å². The third kappa shape index (κ3) is 7.53. The second-order valence-corrected chi connectivity index (χ2v) is 7.36. The molecule has 1 amide bonds. The number of rotatable bonds is 7. The minimum Gasteiger partial charge on any atom is -0.444 e. The number of alkyl carbamates (subject to hydrolysis) is 1. The third-order valence-corrected chi connectivity index (χ3v) is 3.97. The summed E-state index contributed by atoms with van der Waals surface area (Å²) in [5.41, 5.74) is 0.609. The Hall–Kier alpha value is -1.93. The zero-order valence-electron chi connectivity index (χ0n) is 16.3. The predicted molar refractivity (Wildman–Crippen MR) is 100 cm³/mol. The first-order chi connectivity index (χ1) is 12.3. The van der Waals surface area contributed by atoms with E-state index >= 15 is 0 Å². The molecule has 0 bridgehead atoms. The van der Waals surface area contributed by atoms with Gasteiger partial charge in [-0.2, -0.15) is 0 Å². The minimum absolute atomic E-state index is 0.405. The molecule has 1 N–H and O–H groups in total. The number of aryl methyl sites for hydroxylation is 1. The summed E-state index contributed by atoms with van der Waals surface area (Å²) in [6.07, 6.45) is 3.37. The van der Waals surface area contributed by atoms with Crippen LogP contribution in [0.3, 0.4) is 0 Å². The van der Waals surface area contributed by atoms with Gasteiger partial charge in [0, 0.05) is 39.3 Å². The fourth-order valence-corrected chi connectivity index (χ4v) is 2.61. The van der Waals surface area contributed by atoms with Gasteiger partial charge in [-0.25, -0.2) is 14.8 Å². The molecule has 0 unspecified atom stereocenters. The van der Waals surface area contributed by atoms with Gasteiger partial charge in [0.15, 0.2) is 0 Å². The lowest BCUT2D eigenvalue weighted by molar-refractivity contribution is 0.0490. The van der Waals surface area contributed by atoms with Crippen molar-refractivity contribution in [3.05, 3.63) is 18.2 Å². The molecule has 0 aromatic carbocycles. The van der Waals surface area contributed by atoms with Gasteiger partial charge in [0.2, 0.25) is 0 Å². The quantitative estimate of drug-likeness (QED) is 0.733. The molecule has 2 rings (SSSR count). The second kappa shape index (κ2) is 9.68. The van der Waals surface area contributed by atoms with E-state index in [9.17, 15) is 4.79 Å². The molecule has 8 nitrogen and oxygen atoms in total. The van der Waals surface area contributed by atoms with E-state index in [-0.39, 0.29) is 0 Å². The molecule has 146 valence electrons. The van der Waals surface area contributed by atoms with Crippen LogP contribution in [-0.4, -0.2) is 79.0 Å². The average molecular weight is 365 g/mol. The average Bonchev–Trinajstić information content (AvgIpc) is 2.58. The highest BCUT2D eigenvalue weighted by Gasteiger charge is 2.17. The monoisotopic (exact) mass is 365 g/mol. The normalized spacial score (nSPS) is 15.8. The smallest absolute Gasteiger partial charge is 0.407 e. The number of hydrogen-bond donors (Lipinski definition) is 1. The molecule has 0 spiro atoms. The van der Waals surface area contributed by atoms with Crippen molar-refractivity contribution in [3.8, 4) is 0 Å². The van der Waals surface area contributed by atoms with Crippen LogP contribution in [0.4, 0.5) is 10.5 Å². The summed E-state index contributed by atoms with van der Waals surface area (Å²) >= 11 is 0. The highest BCUT2D eigenvalue weighted by atomic mass is 16.6. The Morgan fingerprint density at radius 2 is 1.81 bits per heavy atom. The van der Waals surface area contributed by atoms with E-state index in [1.807, 2.05) is 40.1 Å². The maximum absolute atomic E-state index is 11.5. The molecule has 1 aliphatic rings. The van der Waals surface area contributed by atoms with E-state index < -0.39 is 11.7 Å². The summed E-state index contributed by atoms with van der Waals surface area (Å²) in [6.45, 7) is 13.8. The van der Waals surface area contributed by atoms with Gasteiger partial charge in [-0.15, -0.1) is 0 Å². The number of carbonyl (C=O) groups is 1. The molecule has 26 heavy (non-hydrogen) atoms. The lowest BCUT2D eigenvalue weighted by Gasteiger charge is -2.35. The van der Waals surface area contributed by atoms with E-state index in [1.165, 1.54) is 0 Å². The molecule has 0 saturated carbocycles. The molecular formula is C18H31N5O3. The maximum Gasteiger partial charge on any atom is 0.407 e. The van der Waals surface area contributed by atoms with Crippen LogP contribution < -0.4 is 10.2 Å². The van der Waals surface area contributed by atoms with Crippen molar-refractivity contribution < 1.29 is 14.3 Å². The van der Waals surface area contributed by atoms with Gasteiger partial charge < -0.3 is 19.7 Å². The van der Waals surface area contributed by atoms with Crippen molar-refractivity contribution in [2.24, 2.45) is 0 Å². The number of nitrogens with one attached hydrogen (secondary N) is 1. The Labute approximate surface area is 155 Å². The lowest BCUT2D eigenvalue weighted by Crippen LogP contribution is -2.47. The topological polar surface area (TPSA) is 79.8 Å². The van der Waals surface area contributed by atoms with Gasteiger partial charge in [-0.05, 0) is 27.7 Å². The highest BCUT2D eigenvalue weighted by molar-refractivity contribution is 5.67. The van der Waals surface area contributed by atoms with Gasteiger partial charge in [-0.3, -0.25) is 4.90 Å². The summed E-state index contributed by atoms with van der Waals surface area (Å²) in [7, 11) is 0. The van der Waals surface area contributed by atoms with Crippen LogP contribution in [0.2, 0.25) is 0 Å². The molecule has 0 aliphatic carbocycles. The van der Waals surface area contributed by atoms with E-state index in [2.05, 4.69) is 25.1 Å². The number of aromatic nitrogens is 2. The van der Waals surface area contributed by atoms with Gasteiger partial charge in [0.05, 0.1) is 31.3 Å². The van der Waals surface area contributed by atoms with Crippen LogP contribution in [0.15, 0.2) is 12.4 Å². The van der Waals surface area contributed by atoms with Gasteiger partial charge in [-0.1, -0.05) is 0 Å². The Morgan fingerprint density at radius 1 is 1.15 bits per heavy atom. The van der Waals surface area contributed by atoms with Crippen LogP contribution in [0.1, 0.15) is 26.6 Å². The van der Waals surface area contributed by atoms with Crippen LogP contribution in [0.25, 0.3) is 0 Å². The van der Waals surface area contributed by atoms with Crippen LogP contribution in [-0.2, 0) is 9.47 Å². The van der Waals surface area contributed by atoms with Gasteiger partial charge in [0.25, 0.3) is 0 Å². The minimum atomic E-state index is -0.474. The molecule has 1 aromatic heterocycles. The van der Waals surface area contributed by atoms with E-state index in [0.717, 1.165) is 44.2 Å². The van der Waals surface area contributed by atoms with Gasteiger partial charge in [0.1, 0.15) is 11.4 Å². The maximum atomic E-state index is 11.5. The number of ether oxygens (including phenoxy) is 2. The van der Waals surface area contributed by atoms with Crippen LogP contribution in [0.5, 0.6) is 0 Å². The Kier molecular flexibility index (Phi) is 7.59. The first kappa shape index (κ1) is 20.4. The summed E-state index contributed by atoms with van der Waals surface area (Å²) in [5.74, 6) is 0.797. The molecule has 2 heterocycles. The number of piperazine rings is 1. The van der Waals surface area contributed by atoms with Crippen molar-refractivity contribution >= 4 is 11.8 Å². The van der Waals surface area contributed by atoms with Crippen molar-refractivity contribution in [1.29, 1.82) is 0 Å². The predicted octanol–water partition coefficient (Wildman–Crippen LogP) is 1.45. The molecule has 0 radical (unpaired) electrons. The molecule has 1 fully saturated rings. The van der Waals surface area contributed by atoms with Crippen molar-refractivity contribution in [2.75, 3.05) is 57.4 Å². The van der Waals surface area contributed by atoms with Crippen molar-refractivity contribution in [3.63, 3.8) is 0 Å². The van der Waals surface area contributed by atoms with E-state index in [1.54, 1.807) is 0 Å². The first-order valence-corrected chi connectivity index (χ1v) is 9.14. The summed E-state index contributed by atoms with van der Waals surface area (Å²) in [6, 6.07) is 0. The Bertz CT molecular complexity index is 551. The number of hydrogen-bond acceptors (Lipinski definition) is 7. The molecule has 0 atom stereocenters. The Balaban J connectivity index is 1.52. The molecule has 1 saturated heterocycles. The fraction of sp³-hybridized carbons (Fsp3) is 0.722. The third-order valence-electron chi connectivity index (χ3n) is 3.97. The number of amides is 1. The largest absolute Gasteiger partial charge is 0.444 e. The second-order valence-electron chi connectivity index (χ2n) is 7.36. The lowest BCUT2D eigenvalue weighted by atomic mass is 10.2. The summed E-state index contributed by atoms with van der Waals surface area (Å²) in [5, 5.41) is 2.69.